The minimum atomic E-state index is 0.673. The van der Waals surface area contributed by atoms with E-state index in [0.29, 0.717) is 12.1 Å². The van der Waals surface area contributed by atoms with Crippen molar-refractivity contribution in [2.24, 2.45) is 0 Å². The second kappa shape index (κ2) is 4.77. The average molecular weight is 229 g/mol. The van der Waals surface area contributed by atoms with Gasteiger partial charge in [-0.1, -0.05) is 6.07 Å². The first-order valence-corrected chi connectivity index (χ1v) is 5.80. The molecule has 0 radical (unpaired) electrons. The summed E-state index contributed by atoms with van der Waals surface area (Å²) in [4.78, 5) is 4.19. The molecule has 0 saturated carbocycles. The minimum absolute atomic E-state index is 0.673. The third-order valence-electron chi connectivity index (χ3n) is 2.28. The van der Waals surface area contributed by atoms with Gasteiger partial charge in [0.15, 0.2) is 0 Å². The molecule has 0 aliphatic heterocycles. The van der Waals surface area contributed by atoms with Crippen LogP contribution in [0.3, 0.4) is 0 Å². The maximum Gasteiger partial charge on any atom is 0.112 e. The lowest BCUT2D eigenvalue weighted by Crippen LogP contribution is -2.00. The maximum atomic E-state index is 8.82. The van der Waals surface area contributed by atoms with Gasteiger partial charge in [0.1, 0.15) is 5.01 Å². The van der Waals surface area contributed by atoms with E-state index in [1.807, 2.05) is 30.5 Å². The molecule has 0 aliphatic rings. The fraction of sp³-hybridized carbons (Fsp3) is 0.167. The van der Waals surface area contributed by atoms with Crippen molar-refractivity contribution in [2.75, 3.05) is 5.32 Å². The Morgan fingerprint density at radius 1 is 1.50 bits per heavy atom. The molecule has 16 heavy (non-hydrogen) atoms. The predicted octanol–water partition coefficient (Wildman–Crippen LogP) is 2.94. The van der Waals surface area contributed by atoms with Gasteiger partial charge in [0.25, 0.3) is 0 Å². The van der Waals surface area contributed by atoms with Crippen molar-refractivity contribution in [1.29, 1.82) is 5.26 Å². The number of nitrogens with one attached hydrogen (secondary N) is 1. The number of hydrogen-bond acceptors (Lipinski definition) is 4. The molecule has 4 heteroatoms. The molecule has 2 rings (SSSR count). The normalized spacial score (nSPS) is 9.75. The molecule has 0 unspecified atom stereocenters. The molecule has 0 atom stereocenters. The Morgan fingerprint density at radius 3 is 3.06 bits per heavy atom. The first kappa shape index (κ1) is 10.7. The van der Waals surface area contributed by atoms with E-state index in [1.165, 1.54) is 0 Å². The molecular formula is C12H11N3S. The Labute approximate surface area is 98.4 Å². The van der Waals surface area contributed by atoms with Crippen molar-refractivity contribution in [3.05, 3.63) is 45.9 Å². The minimum Gasteiger partial charge on any atom is -0.378 e. The first-order chi connectivity index (χ1) is 7.79. The lowest BCUT2D eigenvalue weighted by Gasteiger charge is -2.08. The summed E-state index contributed by atoms with van der Waals surface area (Å²) in [7, 11) is 0. The molecule has 0 amide bonds. The number of rotatable bonds is 3. The molecule has 1 aromatic carbocycles. The molecule has 0 bridgehead atoms. The van der Waals surface area contributed by atoms with E-state index in [-0.39, 0.29) is 0 Å². The zero-order chi connectivity index (χ0) is 11.4. The fourth-order valence-corrected chi connectivity index (χ4v) is 1.95. The zero-order valence-corrected chi connectivity index (χ0v) is 9.71. The molecule has 2 aromatic rings. The third kappa shape index (κ3) is 2.38. The Kier molecular flexibility index (Phi) is 3.18. The van der Waals surface area contributed by atoms with Gasteiger partial charge in [0, 0.05) is 17.3 Å². The summed E-state index contributed by atoms with van der Waals surface area (Å²) in [5.74, 6) is 0. The highest BCUT2D eigenvalue weighted by atomic mass is 32.1. The number of thiazole rings is 1. The van der Waals surface area contributed by atoms with Crippen LogP contribution in [0.5, 0.6) is 0 Å². The molecule has 1 heterocycles. The molecule has 80 valence electrons. The number of nitriles is 1. The summed E-state index contributed by atoms with van der Waals surface area (Å²) in [6, 6.07) is 7.77. The topological polar surface area (TPSA) is 48.7 Å². The SMILES string of the molecule is Cc1ccc(C#N)cc1NCc1nccs1. The Morgan fingerprint density at radius 2 is 2.38 bits per heavy atom. The van der Waals surface area contributed by atoms with E-state index < -0.39 is 0 Å². The molecule has 0 saturated heterocycles. The summed E-state index contributed by atoms with van der Waals surface area (Å²) < 4.78 is 0. The first-order valence-electron chi connectivity index (χ1n) is 4.92. The van der Waals surface area contributed by atoms with Crippen LogP contribution in [0, 0.1) is 18.3 Å². The second-order valence-electron chi connectivity index (χ2n) is 3.42. The number of aromatic nitrogens is 1. The molecule has 1 aromatic heterocycles. The monoisotopic (exact) mass is 229 g/mol. The van der Waals surface area contributed by atoms with Crippen LogP contribution in [0.1, 0.15) is 16.1 Å². The maximum absolute atomic E-state index is 8.82. The zero-order valence-electron chi connectivity index (χ0n) is 8.90. The van der Waals surface area contributed by atoms with E-state index in [0.717, 1.165) is 16.3 Å². The van der Waals surface area contributed by atoms with Gasteiger partial charge in [-0.25, -0.2) is 4.98 Å². The summed E-state index contributed by atoms with van der Waals surface area (Å²) in [5.41, 5.74) is 2.80. The van der Waals surface area contributed by atoms with Crippen LogP contribution in [-0.4, -0.2) is 4.98 Å². The Balaban J connectivity index is 2.12. The van der Waals surface area contributed by atoms with E-state index in [1.54, 1.807) is 17.5 Å². The number of nitrogens with zero attached hydrogens (tertiary/aromatic N) is 2. The largest absolute Gasteiger partial charge is 0.378 e. The van der Waals surface area contributed by atoms with E-state index in [9.17, 15) is 0 Å². The number of anilines is 1. The second-order valence-corrected chi connectivity index (χ2v) is 4.40. The molecule has 0 aliphatic carbocycles. The molecule has 0 fully saturated rings. The van der Waals surface area contributed by atoms with Gasteiger partial charge in [-0.2, -0.15) is 5.26 Å². The quantitative estimate of drug-likeness (QED) is 0.880. The standard InChI is InChI=1S/C12H11N3S/c1-9-2-3-10(7-13)6-11(9)15-8-12-14-4-5-16-12/h2-6,15H,8H2,1H3. The van der Waals surface area contributed by atoms with Crippen molar-refractivity contribution in [1.82, 2.24) is 4.98 Å². The summed E-state index contributed by atoms with van der Waals surface area (Å²) in [5, 5.41) is 15.1. The smallest absolute Gasteiger partial charge is 0.112 e. The van der Waals surface area contributed by atoms with Crippen LogP contribution in [0.25, 0.3) is 0 Å². The van der Waals surface area contributed by atoms with Crippen LogP contribution in [0.4, 0.5) is 5.69 Å². The molecular weight excluding hydrogens is 218 g/mol. The van der Waals surface area contributed by atoms with Gasteiger partial charge in [-0.3, -0.25) is 0 Å². The molecule has 1 N–H and O–H groups in total. The highest BCUT2D eigenvalue weighted by molar-refractivity contribution is 7.09. The van der Waals surface area contributed by atoms with Gasteiger partial charge in [-0.05, 0) is 24.6 Å². The van der Waals surface area contributed by atoms with Crippen LogP contribution in [0.2, 0.25) is 0 Å². The van der Waals surface area contributed by atoms with Crippen molar-refractivity contribution in [3.8, 4) is 6.07 Å². The highest BCUT2D eigenvalue weighted by Gasteiger charge is 2.01. The molecule has 3 nitrogen and oxygen atoms in total. The van der Waals surface area contributed by atoms with Crippen molar-refractivity contribution in [3.63, 3.8) is 0 Å². The van der Waals surface area contributed by atoms with E-state index in [2.05, 4.69) is 16.4 Å². The predicted molar refractivity (Wildman–Crippen MR) is 65.3 cm³/mol. The molecule has 0 spiro atoms. The van der Waals surface area contributed by atoms with E-state index in [4.69, 9.17) is 5.26 Å². The van der Waals surface area contributed by atoms with Crippen LogP contribution in [0.15, 0.2) is 29.8 Å². The fourth-order valence-electron chi connectivity index (χ4n) is 1.39. The lowest BCUT2D eigenvalue weighted by molar-refractivity contribution is 1.10. The third-order valence-corrected chi connectivity index (χ3v) is 3.06. The summed E-state index contributed by atoms with van der Waals surface area (Å²) in [6.45, 7) is 2.72. The number of benzene rings is 1. The summed E-state index contributed by atoms with van der Waals surface area (Å²) >= 11 is 1.62. The van der Waals surface area contributed by atoms with Gasteiger partial charge in [0.2, 0.25) is 0 Å². The Bertz CT molecular complexity index is 512. The van der Waals surface area contributed by atoms with Crippen LogP contribution in [-0.2, 0) is 6.54 Å². The highest BCUT2D eigenvalue weighted by Crippen LogP contribution is 2.17. The van der Waals surface area contributed by atoms with Crippen LogP contribution >= 0.6 is 11.3 Å². The van der Waals surface area contributed by atoms with Crippen molar-refractivity contribution < 1.29 is 0 Å². The lowest BCUT2D eigenvalue weighted by atomic mass is 10.1. The van der Waals surface area contributed by atoms with Crippen molar-refractivity contribution >= 4 is 17.0 Å². The van der Waals surface area contributed by atoms with E-state index >= 15 is 0 Å². The van der Waals surface area contributed by atoms with Gasteiger partial charge in [-0.15, -0.1) is 11.3 Å². The van der Waals surface area contributed by atoms with Gasteiger partial charge < -0.3 is 5.32 Å². The Hall–Kier alpha value is -1.86. The number of hydrogen-bond donors (Lipinski definition) is 1. The van der Waals surface area contributed by atoms with Gasteiger partial charge in [0.05, 0.1) is 18.2 Å². The van der Waals surface area contributed by atoms with Gasteiger partial charge >= 0.3 is 0 Å². The summed E-state index contributed by atoms with van der Waals surface area (Å²) in [6.07, 6.45) is 1.79. The van der Waals surface area contributed by atoms with Crippen molar-refractivity contribution in [2.45, 2.75) is 13.5 Å². The average Bonchev–Trinajstić information content (AvgIpc) is 2.81. The van der Waals surface area contributed by atoms with Crippen LogP contribution < -0.4 is 5.32 Å². The number of aryl methyl sites for hydroxylation is 1.